The second-order valence-corrected chi connectivity index (χ2v) is 6.51. The lowest BCUT2D eigenvalue weighted by molar-refractivity contribution is 0.0930. The molecule has 22 heavy (non-hydrogen) atoms. The van der Waals surface area contributed by atoms with Gasteiger partial charge in [-0.3, -0.25) is 9.69 Å². The molecule has 1 atom stereocenters. The third-order valence-corrected chi connectivity index (χ3v) is 4.70. The lowest BCUT2D eigenvalue weighted by atomic mass is 10.1. The van der Waals surface area contributed by atoms with Crippen LogP contribution >= 0.6 is 0 Å². The van der Waals surface area contributed by atoms with E-state index in [0.717, 1.165) is 50.6 Å². The van der Waals surface area contributed by atoms with Crippen LogP contribution in [0.1, 0.15) is 48.5 Å². The average molecular weight is 301 g/mol. The summed E-state index contributed by atoms with van der Waals surface area (Å²) in [5.74, 6) is 0.0507. The molecule has 0 aromatic heterocycles. The number of hydrogen-bond acceptors (Lipinski definition) is 3. The molecule has 1 aliphatic heterocycles. The van der Waals surface area contributed by atoms with Gasteiger partial charge in [-0.2, -0.15) is 0 Å². The van der Waals surface area contributed by atoms with Crippen LogP contribution in [0.5, 0.6) is 0 Å². The van der Waals surface area contributed by atoms with Crippen LogP contribution in [-0.4, -0.2) is 42.5 Å². The molecule has 4 nitrogen and oxygen atoms in total. The molecule has 3 rings (SSSR count). The van der Waals surface area contributed by atoms with E-state index in [1.165, 1.54) is 18.4 Å². The van der Waals surface area contributed by atoms with E-state index >= 15 is 0 Å². The van der Waals surface area contributed by atoms with E-state index in [4.69, 9.17) is 0 Å². The molecule has 0 radical (unpaired) electrons. The number of rotatable bonds is 6. The summed E-state index contributed by atoms with van der Waals surface area (Å²) in [5.41, 5.74) is 2.06. The summed E-state index contributed by atoms with van der Waals surface area (Å²) in [7, 11) is 0. The van der Waals surface area contributed by atoms with Gasteiger partial charge in [0.1, 0.15) is 0 Å². The standard InChI is InChI=1S/C18H27N3O/c1-2-21(17-9-10-17)13-14-5-7-15(8-6-14)18(22)20-16-4-3-11-19-12-16/h5-8,16-17,19H,2-4,9-13H2,1H3,(H,20,22)/t16-/m0/s1. The Bertz CT molecular complexity index is 490. The largest absolute Gasteiger partial charge is 0.348 e. The highest BCUT2D eigenvalue weighted by Crippen LogP contribution is 2.27. The molecule has 0 bridgehead atoms. The Morgan fingerprint density at radius 1 is 1.27 bits per heavy atom. The van der Waals surface area contributed by atoms with Crippen molar-refractivity contribution in [2.45, 2.75) is 51.2 Å². The molecule has 1 saturated heterocycles. The van der Waals surface area contributed by atoms with E-state index in [-0.39, 0.29) is 11.9 Å². The normalized spacial score (nSPS) is 21.8. The van der Waals surface area contributed by atoms with E-state index in [9.17, 15) is 4.79 Å². The highest BCUT2D eigenvalue weighted by atomic mass is 16.1. The van der Waals surface area contributed by atoms with Gasteiger partial charge in [0.25, 0.3) is 5.91 Å². The summed E-state index contributed by atoms with van der Waals surface area (Å²) in [4.78, 5) is 14.8. The first kappa shape index (κ1) is 15.5. The fourth-order valence-electron chi connectivity index (χ4n) is 3.18. The predicted octanol–water partition coefficient (Wildman–Crippen LogP) is 2.15. The van der Waals surface area contributed by atoms with Gasteiger partial charge in [-0.1, -0.05) is 19.1 Å². The van der Waals surface area contributed by atoms with Crippen molar-refractivity contribution in [3.8, 4) is 0 Å². The predicted molar refractivity (Wildman–Crippen MR) is 88.9 cm³/mol. The van der Waals surface area contributed by atoms with Gasteiger partial charge in [0.15, 0.2) is 0 Å². The second-order valence-electron chi connectivity index (χ2n) is 6.51. The van der Waals surface area contributed by atoms with E-state index < -0.39 is 0 Å². The fraction of sp³-hybridized carbons (Fsp3) is 0.611. The molecule has 1 amide bonds. The number of nitrogens with zero attached hydrogens (tertiary/aromatic N) is 1. The zero-order valence-corrected chi connectivity index (χ0v) is 13.5. The van der Waals surface area contributed by atoms with Crippen molar-refractivity contribution in [1.29, 1.82) is 0 Å². The molecule has 1 aromatic carbocycles. The Morgan fingerprint density at radius 2 is 2.05 bits per heavy atom. The van der Waals surface area contributed by atoms with Gasteiger partial charge < -0.3 is 10.6 Å². The van der Waals surface area contributed by atoms with Gasteiger partial charge in [0.05, 0.1) is 0 Å². The topological polar surface area (TPSA) is 44.4 Å². The first-order valence-electron chi connectivity index (χ1n) is 8.61. The minimum Gasteiger partial charge on any atom is -0.348 e. The van der Waals surface area contributed by atoms with Crippen LogP contribution in [0.4, 0.5) is 0 Å². The van der Waals surface area contributed by atoms with Crippen molar-refractivity contribution in [3.05, 3.63) is 35.4 Å². The van der Waals surface area contributed by atoms with Crippen LogP contribution in [0.2, 0.25) is 0 Å². The van der Waals surface area contributed by atoms with E-state index in [1.807, 2.05) is 12.1 Å². The van der Waals surface area contributed by atoms with Crippen LogP contribution in [0.15, 0.2) is 24.3 Å². The average Bonchev–Trinajstić information content (AvgIpc) is 3.39. The Labute approximate surface area is 133 Å². The summed E-state index contributed by atoms with van der Waals surface area (Å²) in [6.45, 7) is 6.27. The van der Waals surface area contributed by atoms with E-state index in [0.29, 0.717) is 0 Å². The third kappa shape index (κ3) is 4.08. The maximum absolute atomic E-state index is 12.3. The van der Waals surface area contributed by atoms with E-state index in [2.05, 4.69) is 34.6 Å². The van der Waals surface area contributed by atoms with Crippen molar-refractivity contribution in [2.24, 2.45) is 0 Å². The minimum atomic E-state index is 0.0507. The first-order chi connectivity index (χ1) is 10.8. The molecule has 2 N–H and O–H groups in total. The molecular formula is C18H27N3O. The maximum Gasteiger partial charge on any atom is 0.251 e. The van der Waals surface area contributed by atoms with Gasteiger partial charge >= 0.3 is 0 Å². The fourth-order valence-corrected chi connectivity index (χ4v) is 3.18. The summed E-state index contributed by atoms with van der Waals surface area (Å²) in [6.07, 6.45) is 4.88. The number of piperidine rings is 1. The number of carbonyl (C=O) groups excluding carboxylic acids is 1. The van der Waals surface area contributed by atoms with Crippen LogP contribution in [0.25, 0.3) is 0 Å². The summed E-state index contributed by atoms with van der Waals surface area (Å²) in [5, 5.41) is 6.45. The SMILES string of the molecule is CCN(Cc1ccc(C(=O)N[C@H]2CCCNC2)cc1)C1CC1. The van der Waals surface area contributed by atoms with Gasteiger partial charge in [-0.25, -0.2) is 0 Å². The quantitative estimate of drug-likeness (QED) is 0.846. The van der Waals surface area contributed by atoms with Crippen LogP contribution in [-0.2, 0) is 6.54 Å². The molecular weight excluding hydrogens is 274 g/mol. The molecule has 1 heterocycles. The van der Waals surface area contributed by atoms with Crippen molar-refractivity contribution >= 4 is 5.91 Å². The first-order valence-corrected chi connectivity index (χ1v) is 8.61. The zero-order valence-electron chi connectivity index (χ0n) is 13.5. The Balaban J connectivity index is 1.54. The van der Waals surface area contributed by atoms with Crippen molar-refractivity contribution < 1.29 is 4.79 Å². The lowest BCUT2D eigenvalue weighted by Gasteiger charge is -2.24. The van der Waals surface area contributed by atoms with Gasteiger partial charge in [0, 0.05) is 30.7 Å². The number of hydrogen-bond donors (Lipinski definition) is 2. The second kappa shape index (κ2) is 7.25. The summed E-state index contributed by atoms with van der Waals surface area (Å²) in [6, 6.07) is 9.17. The van der Waals surface area contributed by atoms with Crippen LogP contribution in [0.3, 0.4) is 0 Å². The Morgan fingerprint density at radius 3 is 2.64 bits per heavy atom. The number of benzene rings is 1. The summed E-state index contributed by atoms with van der Waals surface area (Å²) < 4.78 is 0. The molecule has 1 aliphatic carbocycles. The van der Waals surface area contributed by atoms with Crippen molar-refractivity contribution in [1.82, 2.24) is 15.5 Å². The van der Waals surface area contributed by atoms with Gasteiger partial charge in [-0.05, 0) is 56.5 Å². The summed E-state index contributed by atoms with van der Waals surface area (Å²) >= 11 is 0. The van der Waals surface area contributed by atoms with Crippen LogP contribution < -0.4 is 10.6 Å². The van der Waals surface area contributed by atoms with Crippen LogP contribution in [0, 0.1) is 0 Å². The maximum atomic E-state index is 12.3. The number of amides is 1. The van der Waals surface area contributed by atoms with Gasteiger partial charge in [0.2, 0.25) is 0 Å². The van der Waals surface area contributed by atoms with Gasteiger partial charge in [-0.15, -0.1) is 0 Å². The zero-order chi connectivity index (χ0) is 15.4. The smallest absolute Gasteiger partial charge is 0.251 e. The monoisotopic (exact) mass is 301 g/mol. The highest BCUT2D eigenvalue weighted by Gasteiger charge is 2.27. The molecule has 1 aromatic rings. The Hall–Kier alpha value is -1.39. The number of carbonyl (C=O) groups is 1. The molecule has 120 valence electrons. The minimum absolute atomic E-state index is 0.0507. The molecule has 0 spiro atoms. The van der Waals surface area contributed by atoms with Crippen molar-refractivity contribution in [3.63, 3.8) is 0 Å². The third-order valence-electron chi connectivity index (χ3n) is 4.70. The number of nitrogens with one attached hydrogen (secondary N) is 2. The lowest BCUT2D eigenvalue weighted by Crippen LogP contribution is -2.45. The molecule has 2 fully saturated rings. The van der Waals surface area contributed by atoms with Crippen molar-refractivity contribution in [2.75, 3.05) is 19.6 Å². The Kier molecular flexibility index (Phi) is 5.11. The molecule has 4 heteroatoms. The highest BCUT2D eigenvalue weighted by molar-refractivity contribution is 5.94. The molecule has 2 aliphatic rings. The molecule has 1 saturated carbocycles. The molecule has 0 unspecified atom stereocenters. The van der Waals surface area contributed by atoms with E-state index in [1.54, 1.807) is 0 Å².